The SMILES string of the molecule is C#CCN(C[C@H](O[Si](C)(C)C(C)(C)C)c1ccc(C)o1)S(=O)(=O)c1ccc(C)cc1. The number of benzene rings is 1. The third kappa shape index (κ3) is 5.64. The van der Waals surface area contributed by atoms with Gasteiger partial charge >= 0.3 is 0 Å². The zero-order valence-corrected chi connectivity index (χ0v) is 20.8. The van der Waals surface area contributed by atoms with Crippen molar-refractivity contribution in [1.82, 2.24) is 4.31 Å². The number of terminal acetylenes is 1. The van der Waals surface area contributed by atoms with Crippen LogP contribution < -0.4 is 0 Å². The number of furan rings is 1. The fourth-order valence-corrected chi connectivity index (χ4v) is 5.35. The molecule has 0 aliphatic heterocycles. The number of hydrogen-bond donors (Lipinski definition) is 0. The number of rotatable bonds is 8. The Hall–Kier alpha value is -1.85. The molecule has 0 saturated carbocycles. The average molecular weight is 448 g/mol. The fourth-order valence-electron chi connectivity index (χ4n) is 2.74. The first-order chi connectivity index (χ1) is 13.8. The van der Waals surface area contributed by atoms with Crippen LogP contribution in [0.5, 0.6) is 0 Å². The second-order valence-corrected chi connectivity index (χ2v) is 15.8. The van der Waals surface area contributed by atoms with Gasteiger partial charge in [-0.05, 0) is 56.2 Å². The molecule has 30 heavy (non-hydrogen) atoms. The highest BCUT2D eigenvalue weighted by molar-refractivity contribution is 7.89. The Bertz CT molecular complexity index is 995. The standard InChI is InChI=1S/C23H33NO4SSi/c1-9-16-24(29(25,26)20-13-10-18(2)11-14-20)17-22(21-15-12-19(3)27-21)28-30(7,8)23(4,5)6/h1,10-15,22H,16-17H2,2-8H3/t22-/m0/s1. The monoisotopic (exact) mass is 447 g/mol. The van der Waals surface area contributed by atoms with Crippen molar-refractivity contribution in [1.29, 1.82) is 0 Å². The average Bonchev–Trinajstić information content (AvgIpc) is 3.06. The third-order valence-corrected chi connectivity index (χ3v) is 11.9. The number of hydrogen-bond acceptors (Lipinski definition) is 4. The summed E-state index contributed by atoms with van der Waals surface area (Å²) in [7, 11) is -5.99. The maximum Gasteiger partial charge on any atom is 0.244 e. The molecule has 0 saturated heterocycles. The van der Waals surface area contributed by atoms with Crippen molar-refractivity contribution < 1.29 is 17.3 Å². The molecule has 1 aromatic carbocycles. The molecule has 0 aliphatic rings. The van der Waals surface area contributed by atoms with Crippen molar-refractivity contribution in [3.05, 3.63) is 53.5 Å². The lowest BCUT2D eigenvalue weighted by Gasteiger charge is -2.39. The van der Waals surface area contributed by atoms with E-state index in [4.69, 9.17) is 15.3 Å². The van der Waals surface area contributed by atoms with Gasteiger partial charge in [0.25, 0.3) is 0 Å². The summed E-state index contributed by atoms with van der Waals surface area (Å²) in [5, 5.41) is -0.0420. The minimum absolute atomic E-state index is 0.0420. The van der Waals surface area contributed by atoms with E-state index in [0.717, 1.165) is 11.3 Å². The molecule has 1 atom stereocenters. The Labute approximate surface area is 182 Å². The summed E-state index contributed by atoms with van der Waals surface area (Å²) in [4.78, 5) is 0.213. The fraction of sp³-hybridized carbons (Fsp3) is 0.478. The maximum atomic E-state index is 13.3. The summed E-state index contributed by atoms with van der Waals surface area (Å²) >= 11 is 0. The highest BCUT2D eigenvalue weighted by Gasteiger charge is 2.41. The molecule has 0 aliphatic carbocycles. The molecule has 0 spiro atoms. The lowest BCUT2D eigenvalue weighted by atomic mass is 10.2. The summed E-state index contributed by atoms with van der Waals surface area (Å²) in [6, 6.07) is 10.5. The van der Waals surface area contributed by atoms with E-state index >= 15 is 0 Å². The van der Waals surface area contributed by atoms with Crippen molar-refractivity contribution in [2.45, 2.75) is 63.8 Å². The quantitative estimate of drug-likeness (QED) is 0.408. The first-order valence-corrected chi connectivity index (χ1v) is 14.4. The molecule has 0 amide bonds. The summed E-state index contributed by atoms with van der Waals surface area (Å²) in [5.41, 5.74) is 0.989. The third-order valence-electron chi connectivity index (χ3n) is 5.62. The lowest BCUT2D eigenvalue weighted by molar-refractivity contribution is 0.134. The van der Waals surface area contributed by atoms with E-state index in [-0.39, 0.29) is 23.0 Å². The van der Waals surface area contributed by atoms with Crippen LogP contribution in [0.25, 0.3) is 0 Å². The van der Waals surface area contributed by atoms with E-state index in [1.165, 1.54) is 4.31 Å². The maximum absolute atomic E-state index is 13.3. The molecule has 2 aromatic rings. The van der Waals surface area contributed by atoms with Crippen molar-refractivity contribution in [2.24, 2.45) is 0 Å². The Morgan fingerprint density at radius 3 is 2.20 bits per heavy atom. The van der Waals surface area contributed by atoms with Gasteiger partial charge in [0.15, 0.2) is 8.32 Å². The van der Waals surface area contributed by atoms with Crippen LogP contribution in [0.15, 0.2) is 45.7 Å². The zero-order chi connectivity index (χ0) is 22.7. The van der Waals surface area contributed by atoms with Crippen LogP contribution in [-0.2, 0) is 14.4 Å². The molecule has 1 heterocycles. The van der Waals surface area contributed by atoms with E-state index < -0.39 is 24.4 Å². The molecule has 164 valence electrons. The van der Waals surface area contributed by atoms with Gasteiger partial charge in [0, 0.05) is 6.54 Å². The second kappa shape index (κ2) is 9.11. The molecule has 0 fully saturated rings. The van der Waals surface area contributed by atoms with E-state index in [9.17, 15) is 8.42 Å². The van der Waals surface area contributed by atoms with Gasteiger partial charge in [0.1, 0.15) is 17.6 Å². The second-order valence-electron chi connectivity index (χ2n) is 9.13. The number of nitrogens with zero attached hydrogens (tertiary/aromatic N) is 1. The molecule has 0 unspecified atom stereocenters. The normalized spacial score (nSPS) is 14.0. The van der Waals surface area contributed by atoms with Gasteiger partial charge in [-0.3, -0.25) is 0 Å². The van der Waals surface area contributed by atoms with Crippen LogP contribution in [-0.4, -0.2) is 34.1 Å². The van der Waals surface area contributed by atoms with E-state index in [1.807, 2.05) is 26.0 Å². The molecule has 5 nitrogen and oxygen atoms in total. The van der Waals surface area contributed by atoms with Crippen LogP contribution in [0, 0.1) is 26.2 Å². The highest BCUT2D eigenvalue weighted by Crippen LogP contribution is 2.40. The van der Waals surface area contributed by atoms with Crippen LogP contribution in [0.4, 0.5) is 0 Å². The predicted molar refractivity (Wildman–Crippen MR) is 123 cm³/mol. The van der Waals surface area contributed by atoms with Gasteiger partial charge < -0.3 is 8.84 Å². The first kappa shape index (κ1) is 24.4. The van der Waals surface area contributed by atoms with Crippen LogP contribution in [0.1, 0.15) is 44.0 Å². The Morgan fingerprint density at radius 1 is 1.13 bits per heavy atom. The molecule has 0 bridgehead atoms. The number of aryl methyl sites for hydroxylation is 2. The van der Waals surface area contributed by atoms with Crippen LogP contribution >= 0.6 is 0 Å². The Kier molecular flexibility index (Phi) is 7.41. The van der Waals surface area contributed by atoms with Gasteiger partial charge in [0.2, 0.25) is 10.0 Å². The van der Waals surface area contributed by atoms with Gasteiger partial charge in [-0.2, -0.15) is 4.31 Å². The van der Waals surface area contributed by atoms with Crippen molar-refractivity contribution >= 4 is 18.3 Å². The predicted octanol–water partition coefficient (Wildman–Crippen LogP) is 5.28. The molecule has 0 N–H and O–H groups in total. The molecular weight excluding hydrogens is 414 g/mol. The van der Waals surface area contributed by atoms with Gasteiger partial charge in [-0.1, -0.05) is 44.4 Å². The van der Waals surface area contributed by atoms with Crippen LogP contribution in [0.2, 0.25) is 18.1 Å². The summed E-state index contributed by atoms with van der Waals surface area (Å²) in [6.45, 7) is 14.5. The molecule has 0 radical (unpaired) electrons. The van der Waals surface area contributed by atoms with Gasteiger partial charge in [0.05, 0.1) is 11.4 Å². The topological polar surface area (TPSA) is 59.8 Å². The van der Waals surface area contributed by atoms with Gasteiger partial charge in [-0.25, -0.2) is 8.42 Å². The minimum Gasteiger partial charge on any atom is -0.464 e. The van der Waals surface area contributed by atoms with Crippen molar-refractivity contribution in [3.8, 4) is 12.3 Å². The Balaban J connectivity index is 2.44. The van der Waals surface area contributed by atoms with Gasteiger partial charge in [-0.15, -0.1) is 6.42 Å². The molecular formula is C23H33NO4SSi. The van der Waals surface area contributed by atoms with Crippen LogP contribution in [0.3, 0.4) is 0 Å². The summed E-state index contributed by atoms with van der Waals surface area (Å²) in [6.07, 6.45) is 4.98. The Morgan fingerprint density at radius 2 is 1.73 bits per heavy atom. The molecule has 1 aromatic heterocycles. The van der Waals surface area contributed by atoms with Crippen molar-refractivity contribution in [2.75, 3.05) is 13.1 Å². The van der Waals surface area contributed by atoms with E-state index in [2.05, 4.69) is 39.8 Å². The lowest BCUT2D eigenvalue weighted by Crippen LogP contribution is -2.45. The number of sulfonamides is 1. The smallest absolute Gasteiger partial charge is 0.244 e. The van der Waals surface area contributed by atoms with E-state index in [1.54, 1.807) is 24.3 Å². The molecule has 7 heteroatoms. The minimum atomic E-state index is -3.78. The van der Waals surface area contributed by atoms with E-state index in [0.29, 0.717) is 5.76 Å². The molecule has 2 rings (SSSR count). The largest absolute Gasteiger partial charge is 0.464 e. The summed E-state index contributed by atoms with van der Waals surface area (Å²) in [5.74, 6) is 3.84. The summed E-state index contributed by atoms with van der Waals surface area (Å²) < 4.78 is 40.4. The zero-order valence-electron chi connectivity index (χ0n) is 19.0. The first-order valence-electron chi connectivity index (χ1n) is 10.0. The van der Waals surface area contributed by atoms with Crippen molar-refractivity contribution in [3.63, 3.8) is 0 Å². The highest BCUT2D eigenvalue weighted by atomic mass is 32.2.